The van der Waals surface area contributed by atoms with Crippen LogP contribution in [0.1, 0.15) is 11.5 Å². The van der Waals surface area contributed by atoms with E-state index in [4.69, 9.17) is 11.6 Å². The molecule has 0 bridgehead atoms. The van der Waals surface area contributed by atoms with Crippen molar-refractivity contribution in [2.24, 2.45) is 7.05 Å². The minimum atomic E-state index is 0.656. The first-order valence-corrected chi connectivity index (χ1v) is 6.47. The first kappa shape index (κ1) is 13.8. The fourth-order valence-corrected chi connectivity index (χ4v) is 1.99. The van der Waals surface area contributed by atoms with Gasteiger partial charge in [0.05, 0.1) is 17.3 Å². The van der Waals surface area contributed by atoms with E-state index in [1.54, 1.807) is 6.20 Å². The standard InChI is InChI=1S/C13H18ClN5/c1-15-8-11-10(14)4-5-12(17-11)19(3)9-13-16-6-7-18(13)2/h4-7,15H,8-9H2,1-3H3. The molecule has 0 atom stereocenters. The van der Waals surface area contributed by atoms with Crippen molar-refractivity contribution in [3.63, 3.8) is 0 Å². The van der Waals surface area contributed by atoms with Crippen LogP contribution in [0, 0.1) is 0 Å². The second kappa shape index (κ2) is 6.04. The Morgan fingerprint density at radius 2 is 2.21 bits per heavy atom. The van der Waals surface area contributed by atoms with Gasteiger partial charge < -0.3 is 14.8 Å². The van der Waals surface area contributed by atoms with Crippen LogP contribution in [0.5, 0.6) is 0 Å². The molecule has 2 rings (SSSR count). The maximum Gasteiger partial charge on any atom is 0.129 e. The Kier molecular flexibility index (Phi) is 4.39. The average Bonchev–Trinajstić information content (AvgIpc) is 2.78. The van der Waals surface area contributed by atoms with E-state index in [0.717, 1.165) is 17.3 Å². The predicted octanol–water partition coefficient (Wildman–Crippen LogP) is 1.82. The van der Waals surface area contributed by atoms with Gasteiger partial charge in [-0.2, -0.15) is 0 Å². The number of hydrogen-bond acceptors (Lipinski definition) is 4. The molecule has 2 aromatic heterocycles. The van der Waals surface area contributed by atoms with E-state index in [-0.39, 0.29) is 0 Å². The van der Waals surface area contributed by atoms with E-state index in [1.165, 1.54) is 0 Å². The summed E-state index contributed by atoms with van der Waals surface area (Å²) >= 11 is 6.11. The van der Waals surface area contributed by atoms with Crippen LogP contribution in [0.3, 0.4) is 0 Å². The maximum atomic E-state index is 6.11. The molecule has 19 heavy (non-hydrogen) atoms. The van der Waals surface area contributed by atoms with Gasteiger partial charge in [-0.05, 0) is 19.2 Å². The van der Waals surface area contributed by atoms with Crippen molar-refractivity contribution in [3.05, 3.63) is 41.1 Å². The molecule has 0 aromatic carbocycles. The Balaban J connectivity index is 2.17. The van der Waals surface area contributed by atoms with Crippen molar-refractivity contribution in [1.29, 1.82) is 0 Å². The number of hydrogen-bond donors (Lipinski definition) is 1. The Morgan fingerprint density at radius 1 is 1.42 bits per heavy atom. The summed E-state index contributed by atoms with van der Waals surface area (Å²) in [7, 11) is 5.86. The molecular weight excluding hydrogens is 262 g/mol. The lowest BCUT2D eigenvalue weighted by atomic mass is 10.3. The Hall–Kier alpha value is -1.59. The van der Waals surface area contributed by atoms with Crippen molar-refractivity contribution in [2.45, 2.75) is 13.1 Å². The lowest BCUT2D eigenvalue weighted by molar-refractivity contribution is 0.746. The molecule has 0 spiro atoms. The molecule has 0 radical (unpaired) electrons. The molecular formula is C13H18ClN5. The van der Waals surface area contributed by atoms with Crippen molar-refractivity contribution >= 4 is 17.4 Å². The lowest BCUT2D eigenvalue weighted by Gasteiger charge is -2.19. The zero-order chi connectivity index (χ0) is 13.8. The second-order valence-electron chi connectivity index (χ2n) is 4.44. The SMILES string of the molecule is CNCc1nc(N(C)Cc2nccn2C)ccc1Cl. The summed E-state index contributed by atoms with van der Waals surface area (Å²) in [4.78, 5) is 10.9. The largest absolute Gasteiger partial charge is 0.352 e. The maximum absolute atomic E-state index is 6.11. The molecule has 0 aliphatic heterocycles. The van der Waals surface area contributed by atoms with E-state index in [0.29, 0.717) is 18.1 Å². The Morgan fingerprint density at radius 3 is 2.84 bits per heavy atom. The quantitative estimate of drug-likeness (QED) is 0.907. The first-order valence-electron chi connectivity index (χ1n) is 6.09. The van der Waals surface area contributed by atoms with Gasteiger partial charge in [0.25, 0.3) is 0 Å². The molecule has 0 saturated heterocycles. The fraction of sp³-hybridized carbons (Fsp3) is 0.385. The summed E-state index contributed by atoms with van der Waals surface area (Å²) < 4.78 is 2.00. The van der Waals surface area contributed by atoms with Crippen LogP contribution >= 0.6 is 11.6 Å². The topological polar surface area (TPSA) is 46.0 Å². The molecule has 0 unspecified atom stereocenters. The van der Waals surface area contributed by atoms with E-state index in [1.807, 2.05) is 44.0 Å². The van der Waals surface area contributed by atoms with Crippen LogP contribution in [0.15, 0.2) is 24.5 Å². The van der Waals surface area contributed by atoms with Gasteiger partial charge in [0, 0.05) is 33.0 Å². The Bertz CT molecular complexity index is 552. The number of aryl methyl sites for hydroxylation is 1. The summed E-state index contributed by atoms with van der Waals surface area (Å²) in [6.45, 7) is 1.36. The van der Waals surface area contributed by atoms with Gasteiger partial charge in [0.15, 0.2) is 0 Å². The molecule has 1 N–H and O–H groups in total. The number of anilines is 1. The third-order valence-corrected chi connectivity index (χ3v) is 3.28. The third-order valence-electron chi connectivity index (χ3n) is 2.94. The normalized spacial score (nSPS) is 10.7. The molecule has 2 heterocycles. The number of halogens is 1. The Labute approximate surface area is 118 Å². The minimum absolute atomic E-state index is 0.656. The van der Waals surface area contributed by atoms with Crippen molar-refractivity contribution in [2.75, 3.05) is 19.0 Å². The molecule has 0 fully saturated rings. The highest BCUT2D eigenvalue weighted by molar-refractivity contribution is 6.31. The molecule has 2 aromatic rings. The molecule has 0 amide bonds. The monoisotopic (exact) mass is 279 g/mol. The third kappa shape index (κ3) is 3.24. The van der Waals surface area contributed by atoms with Gasteiger partial charge >= 0.3 is 0 Å². The van der Waals surface area contributed by atoms with Gasteiger partial charge in [-0.3, -0.25) is 0 Å². The van der Waals surface area contributed by atoms with Crippen LogP contribution in [0.25, 0.3) is 0 Å². The molecule has 102 valence electrons. The van der Waals surface area contributed by atoms with Gasteiger partial charge in [-0.25, -0.2) is 9.97 Å². The van der Waals surface area contributed by atoms with Gasteiger partial charge in [-0.1, -0.05) is 11.6 Å². The lowest BCUT2D eigenvalue weighted by Crippen LogP contribution is -2.21. The summed E-state index contributed by atoms with van der Waals surface area (Å²) in [5.41, 5.74) is 0.855. The number of aromatic nitrogens is 3. The fourth-order valence-electron chi connectivity index (χ4n) is 1.82. The van der Waals surface area contributed by atoms with Crippen LogP contribution in [-0.4, -0.2) is 28.6 Å². The summed E-state index contributed by atoms with van der Waals surface area (Å²) in [6.07, 6.45) is 3.73. The first-order chi connectivity index (χ1) is 9.11. The number of pyridine rings is 1. The zero-order valence-electron chi connectivity index (χ0n) is 11.4. The summed E-state index contributed by atoms with van der Waals surface area (Å²) in [5, 5.41) is 3.75. The highest BCUT2D eigenvalue weighted by Crippen LogP contribution is 2.19. The summed E-state index contributed by atoms with van der Waals surface area (Å²) in [5.74, 6) is 1.88. The summed E-state index contributed by atoms with van der Waals surface area (Å²) in [6, 6.07) is 3.80. The van der Waals surface area contributed by atoms with Crippen molar-refractivity contribution in [3.8, 4) is 0 Å². The van der Waals surface area contributed by atoms with Gasteiger partial charge in [0.1, 0.15) is 11.6 Å². The second-order valence-corrected chi connectivity index (χ2v) is 4.85. The van der Waals surface area contributed by atoms with E-state index < -0.39 is 0 Å². The highest BCUT2D eigenvalue weighted by Gasteiger charge is 2.09. The van der Waals surface area contributed by atoms with Gasteiger partial charge in [-0.15, -0.1) is 0 Å². The number of nitrogens with zero attached hydrogens (tertiary/aromatic N) is 4. The van der Waals surface area contributed by atoms with Crippen LogP contribution in [-0.2, 0) is 20.1 Å². The van der Waals surface area contributed by atoms with Crippen LogP contribution < -0.4 is 10.2 Å². The smallest absolute Gasteiger partial charge is 0.129 e. The predicted molar refractivity (Wildman–Crippen MR) is 77.3 cm³/mol. The molecule has 0 aliphatic rings. The highest BCUT2D eigenvalue weighted by atomic mass is 35.5. The zero-order valence-corrected chi connectivity index (χ0v) is 12.1. The van der Waals surface area contributed by atoms with Crippen LogP contribution in [0.2, 0.25) is 5.02 Å². The minimum Gasteiger partial charge on any atom is -0.352 e. The van der Waals surface area contributed by atoms with Gasteiger partial charge in [0.2, 0.25) is 0 Å². The number of nitrogens with one attached hydrogen (secondary N) is 1. The van der Waals surface area contributed by atoms with Crippen molar-refractivity contribution in [1.82, 2.24) is 19.9 Å². The average molecular weight is 280 g/mol. The number of rotatable bonds is 5. The molecule has 5 nitrogen and oxygen atoms in total. The number of imidazole rings is 1. The molecule has 0 saturated carbocycles. The van der Waals surface area contributed by atoms with E-state index in [2.05, 4.69) is 20.2 Å². The van der Waals surface area contributed by atoms with E-state index >= 15 is 0 Å². The molecule has 6 heteroatoms. The van der Waals surface area contributed by atoms with E-state index in [9.17, 15) is 0 Å². The van der Waals surface area contributed by atoms with Crippen molar-refractivity contribution < 1.29 is 0 Å². The molecule has 0 aliphatic carbocycles. The van der Waals surface area contributed by atoms with Crippen LogP contribution in [0.4, 0.5) is 5.82 Å².